The summed E-state index contributed by atoms with van der Waals surface area (Å²) in [6, 6.07) is 9.51. The summed E-state index contributed by atoms with van der Waals surface area (Å²) in [7, 11) is 0. The quantitative estimate of drug-likeness (QED) is 0.658. The van der Waals surface area contributed by atoms with Crippen molar-refractivity contribution in [2.24, 2.45) is 0 Å². The largest absolute Gasteiger partial charge is 0.438 e. The zero-order valence-electron chi connectivity index (χ0n) is 10.9. The monoisotopic (exact) mass is 324 g/mol. The Kier molecular flexibility index (Phi) is 3.62. The predicted octanol–water partition coefficient (Wildman–Crippen LogP) is 5.09. The van der Waals surface area contributed by atoms with Crippen molar-refractivity contribution in [3.8, 4) is 11.6 Å². The molecule has 0 spiro atoms. The van der Waals surface area contributed by atoms with Crippen molar-refractivity contribution in [1.29, 1.82) is 0 Å². The third-order valence-electron chi connectivity index (χ3n) is 2.94. The Morgan fingerprint density at radius 2 is 1.82 bits per heavy atom. The highest BCUT2D eigenvalue weighted by Crippen LogP contribution is 2.33. The van der Waals surface area contributed by atoms with Crippen molar-refractivity contribution < 1.29 is 17.9 Å². The highest BCUT2D eigenvalue weighted by Gasteiger charge is 2.30. The maximum atomic E-state index is 12.7. The highest BCUT2D eigenvalue weighted by molar-refractivity contribution is 6.31. The molecule has 0 N–H and O–H groups in total. The number of halogens is 4. The summed E-state index contributed by atoms with van der Waals surface area (Å²) in [5.74, 6) is 0.214. The van der Waals surface area contributed by atoms with E-state index < -0.39 is 11.7 Å². The van der Waals surface area contributed by atoms with Crippen LogP contribution in [0.25, 0.3) is 10.9 Å². The molecule has 1 aromatic heterocycles. The van der Waals surface area contributed by atoms with Crippen LogP contribution in [-0.4, -0.2) is 9.97 Å². The van der Waals surface area contributed by atoms with E-state index in [-0.39, 0.29) is 11.6 Å². The Balaban J connectivity index is 2.00. The van der Waals surface area contributed by atoms with E-state index in [2.05, 4.69) is 9.97 Å². The van der Waals surface area contributed by atoms with Crippen LogP contribution in [0.5, 0.6) is 11.6 Å². The van der Waals surface area contributed by atoms with Gasteiger partial charge in [0.25, 0.3) is 0 Å². The number of fused-ring (bicyclic) bond motifs is 1. The van der Waals surface area contributed by atoms with Gasteiger partial charge < -0.3 is 4.74 Å². The summed E-state index contributed by atoms with van der Waals surface area (Å²) in [4.78, 5) is 8.01. The van der Waals surface area contributed by atoms with Crippen LogP contribution in [0.2, 0.25) is 5.02 Å². The Morgan fingerprint density at radius 3 is 2.59 bits per heavy atom. The molecule has 3 aromatic rings. The van der Waals surface area contributed by atoms with Gasteiger partial charge in [-0.3, -0.25) is 0 Å². The first kappa shape index (κ1) is 14.6. The zero-order valence-corrected chi connectivity index (χ0v) is 11.7. The molecule has 0 amide bonds. The first-order valence-electron chi connectivity index (χ1n) is 6.19. The molecule has 0 saturated carbocycles. The first-order chi connectivity index (χ1) is 10.4. The van der Waals surface area contributed by atoms with Crippen molar-refractivity contribution in [3.63, 3.8) is 0 Å². The Labute approximate surface area is 128 Å². The van der Waals surface area contributed by atoms with Crippen LogP contribution in [-0.2, 0) is 6.18 Å². The van der Waals surface area contributed by atoms with Crippen molar-refractivity contribution in [2.75, 3.05) is 0 Å². The van der Waals surface area contributed by atoms with Crippen LogP contribution in [0.4, 0.5) is 13.2 Å². The second-order valence-corrected chi connectivity index (χ2v) is 4.90. The molecule has 112 valence electrons. The lowest BCUT2D eigenvalue weighted by Crippen LogP contribution is -2.04. The smallest absolute Gasteiger partial charge is 0.416 e. The number of hydrogen-bond donors (Lipinski definition) is 0. The average molecular weight is 325 g/mol. The first-order valence-corrected chi connectivity index (χ1v) is 6.57. The molecule has 3 nitrogen and oxygen atoms in total. The van der Waals surface area contributed by atoms with Crippen molar-refractivity contribution in [1.82, 2.24) is 9.97 Å². The Bertz CT molecular complexity index is 836. The van der Waals surface area contributed by atoms with Gasteiger partial charge in [0.1, 0.15) is 12.1 Å². The van der Waals surface area contributed by atoms with Gasteiger partial charge in [0.2, 0.25) is 5.88 Å². The molecule has 1 heterocycles. The molecule has 2 aromatic carbocycles. The number of aromatic nitrogens is 2. The van der Waals surface area contributed by atoms with E-state index in [1.165, 1.54) is 18.5 Å². The van der Waals surface area contributed by atoms with Crippen molar-refractivity contribution >= 4 is 22.5 Å². The summed E-state index contributed by atoms with van der Waals surface area (Å²) in [5, 5.41) is 1.06. The molecular formula is C15H8ClF3N2O. The summed E-state index contributed by atoms with van der Waals surface area (Å²) < 4.78 is 43.6. The molecule has 0 radical (unpaired) electrons. The summed E-state index contributed by atoms with van der Waals surface area (Å²) >= 11 is 5.88. The third kappa shape index (κ3) is 2.96. The maximum Gasteiger partial charge on any atom is 0.416 e. The molecule has 0 aliphatic heterocycles. The number of hydrogen-bond acceptors (Lipinski definition) is 3. The van der Waals surface area contributed by atoms with Gasteiger partial charge in [0, 0.05) is 5.02 Å². The standard InChI is InChI=1S/C15H8ClF3N2O/c16-10-4-5-12-13(7-10)20-8-21-14(12)22-11-3-1-2-9(6-11)15(17,18)19/h1-8H. The van der Waals surface area contributed by atoms with E-state index in [4.69, 9.17) is 16.3 Å². The Hall–Kier alpha value is -2.34. The van der Waals surface area contributed by atoms with E-state index >= 15 is 0 Å². The van der Waals surface area contributed by atoms with Crippen LogP contribution in [0.15, 0.2) is 48.8 Å². The molecule has 0 aliphatic rings. The van der Waals surface area contributed by atoms with Crippen LogP contribution in [0.3, 0.4) is 0 Å². The third-order valence-corrected chi connectivity index (χ3v) is 3.17. The van der Waals surface area contributed by atoms with Gasteiger partial charge in [0.15, 0.2) is 0 Å². The van der Waals surface area contributed by atoms with Crippen molar-refractivity contribution in [3.05, 3.63) is 59.4 Å². The normalized spacial score (nSPS) is 11.6. The molecule has 7 heteroatoms. The molecule has 0 bridgehead atoms. The number of ether oxygens (including phenoxy) is 1. The van der Waals surface area contributed by atoms with E-state index in [0.717, 1.165) is 12.1 Å². The minimum atomic E-state index is -4.43. The second-order valence-electron chi connectivity index (χ2n) is 4.47. The predicted molar refractivity (Wildman–Crippen MR) is 76.1 cm³/mol. The minimum absolute atomic E-state index is 0.0461. The fraction of sp³-hybridized carbons (Fsp3) is 0.0667. The molecule has 0 aliphatic carbocycles. The lowest BCUT2D eigenvalue weighted by atomic mass is 10.2. The van der Waals surface area contributed by atoms with E-state index in [1.807, 2.05) is 0 Å². The van der Waals surface area contributed by atoms with Gasteiger partial charge in [-0.15, -0.1) is 0 Å². The minimum Gasteiger partial charge on any atom is -0.438 e. The van der Waals surface area contributed by atoms with Crippen LogP contribution in [0.1, 0.15) is 5.56 Å². The molecule has 0 saturated heterocycles. The summed E-state index contributed by atoms with van der Waals surface area (Å²) in [6.07, 6.45) is -3.16. The van der Waals surface area contributed by atoms with Crippen LogP contribution < -0.4 is 4.74 Å². The molecule has 22 heavy (non-hydrogen) atoms. The average Bonchev–Trinajstić information content (AvgIpc) is 2.46. The fourth-order valence-electron chi connectivity index (χ4n) is 1.93. The number of nitrogens with zero attached hydrogens (tertiary/aromatic N) is 2. The van der Waals surface area contributed by atoms with Gasteiger partial charge >= 0.3 is 6.18 Å². The summed E-state index contributed by atoms with van der Waals surface area (Å²) in [6.45, 7) is 0. The van der Waals surface area contributed by atoms with Gasteiger partial charge in [-0.2, -0.15) is 13.2 Å². The van der Waals surface area contributed by atoms with Gasteiger partial charge in [-0.25, -0.2) is 9.97 Å². The zero-order chi connectivity index (χ0) is 15.7. The number of alkyl halides is 3. The van der Waals surface area contributed by atoms with Crippen LogP contribution >= 0.6 is 11.6 Å². The summed E-state index contributed by atoms with van der Waals surface area (Å²) in [5.41, 5.74) is -0.240. The number of benzene rings is 2. The highest BCUT2D eigenvalue weighted by atomic mass is 35.5. The molecule has 0 atom stereocenters. The van der Waals surface area contributed by atoms with Crippen LogP contribution in [0, 0.1) is 0 Å². The van der Waals surface area contributed by atoms with E-state index in [0.29, 0.717) is 15.9 Å². The van der Waals surface area contributed by atoms with E-state index in [9.17, 15) is 13.2 Å². The van der Waals surface area contributed by atoms with Gasteiger partial charge in [0.05, 0.1) is 16.5 Å². The molecule has 0 fully saturated rings. The number of rotatable bonds is 2. The van der Waals surface area contributed by atoms with Crippen molar-refractivity contribution in [2.45, 2.75) is 6.18 Å². The van der Waals surface area contributed by atoms with E-state index in [1.54, 1.807) is 18.2 Å². The molecular weight excluding hydrogens is 317 g/mol. The second kappa shape index (κ2) is 5.46. The maximum absolute atomic E-state index is 12.7. The SMILES string of the molecule is FC(F)(F)c1cccc(Oc2ncnc3cc(Cl)ccc23)c1. The molecule has 3 rings (SSSR count). The topological polar surface area (TPSA) is 35.0 Å². The van der Waals surface area contributed by atoms with Gasteiger partial charge in [-0.1, -0.05) is 17.7 Å². The fourth-order valence-corrected chi connectivity index (χ4v) is 2.10. The lowest BCUT2D eigenvalue weighted by molar-refractivity contribution is -0.137. The lowest BCUT2D eigenvalue weighted by Gasteiger charge is -2.10. The molecule has 0 unspecified atom stereocenters. The Morgan fingerprint density at radius 1 is 1.00 bits per heavy atom. The van der Waals surface area contributed by atoms with Gasteiger partial charge in [-0.05, 0) is 36.4 Å².